The lowest BCUT2D eigenvalue weighted by Gasteiger charge is -2.23. The van der Waals surface area contributed by atoms with Crippen LogP contribution in [0.15, 0.2) is 60.0 Å². The quantitative estimate of drug-likeness (QED) is 0.379. The first-order chi connectivity index (χ1) is 15.7. The number of thiophene rings is 1. The van der Waals surface area contributed by atoms with Gasteiger partial charge >= 0.3 is 0 Å². The summed E-state index contributed by atoms with van der Waals surface area (Å²) in [5.74, 6) is -0.210. The second-order valence-electron chi connectivity index (χ2n) is 8.19. The van der Waals surface area contributed by atoms with Gasteiger partial charge in [0, 0.05) is 47.7 Å². The molecule has 1 saturated heterocycles. The van der Waals surface area contributed by atoms with E-state index in [2.05, 4.69) is 20.5 Å². The number of halogens is 1. The maximum atomic E-state index is 13.5. The van der Waals surface area contributed by atoms with Gasteiger partial charge < -0.3 is 15.1 Å². The second kappa shape index (κ2) is 11.2. The van der Waals surface area contributed by atoms with Gasteiger partial charge in [0.15, 0.2) is 0 Å². The number of benzene rings is 2. The highest BCUT2D eigenvalue weighted by molar-refractivity contribution is 7.17. The minimum absolute atomic E-state index is 0.0397. The van der Waals surface area contributed by atoms with Crippen molar-refractivity contribution in [2.24, 2.45) is 0 Å². The summed E-state index contributed by atoms with van der Waals surface area (Å²) in [5, 5.41) is 6.29. The van der Waals surface area contributed by atoms with E-state index in [9.17, 15) is 9.18 Å². The van der Waals surface area contributed by atoms with Crippen LogP contribution in [0.2, 0.25) is 0 Å². The molecule has 0 bridgehead atoms. The highest BCUT2D eigenvalue weighted by Gasteiger charge is 2.17. The molecule has 1 aliphatic rings. The molecular formula is C26H30FN3OS. The molecule has 2 heterocycles. The smallest absolute Gasteiger partial charge is 0.243 e. The highest BCUT2D eigenvalue weighted by atomic mass is 32.1. The third-order valence-corrected chi connectivity index (χ3v) is 6.81. The number of hydrogen-bond donors (Lipinski definition) is 1. The van der Waals surface area contributed by atoms with Gasteiger partial charge in [-0.2, -0.15) is 0 Å². The van der Waals surface area contributed by atoms with Gasteiger partial charge in [-0.15, -0.1) is 11.3 Å². The van der Waals surface area contributed by atoms with Crippen molar-refractivity contribution in [3.05, 3.63) is 71.4 Å². The molecule has 0 spiro atoms. The number of anilines is 1. The summed E-state index contributed by atoms with van der Waals surface area (Å²) in [6, 6.07) is 14.9. The zero-order valence-corrected chi connectivity index (χ0v) is 19.1. The number of nitrogens with zero attached hydrogens (tertiary/aromatic N) is 2. The molecular weight excluding hydrogens is 421 g/mol. The van der Waals surface area contributed by atoms with E-state index in [0.717, 1.165) is 67.6 Å². The Morgan fingerprint density at radius 2 is 1.94 bits per heavy atom. The standard InChI is InChI=1S/C26H30FN3OS/c27-22-10-11-23-24(20-32-25(23)19-22)30-16-6-15-29(17-18-30)14-5-4-13-28-26(31)12-9-21-7-2-1-3-8-21/h1-3,7-12,19-20H,4-6,13-18H2,(H,28,31)/b12-9+. The molecule has 168 valence electrons. The Morgan fingerprint density at radius 3 is 2.81 bits per heavy atom. The molecule has 6 heteroatoms. The Labute approximate surface area is 193 Å². The highest BCUT2D eigenvalue weighted by Crippen LogP contribution is 2.34. The third kappa shape index (κ3) is 6.17. The van der Waals surface area contributed by atoms with Crippen LogP contribution < -0.4 is 10.2 Å². The van der Waals surface area contributed by atoms with Gasteiger partial charge in [-0.1, -0.05) is 30.3 Å². The van der Waals surface area contributed by atoms with Crippen molar-refractivity contribution in [2.75, 3.05) is 44.2 Å². The Kier molecular flexibility index (Phi) is 7.91. The molecule has 0 radical (unpaired) electrons. The molecule has 0 unspecified atom stereocenters. The van der Waals surface area contributed by atoms with E-state index in [1.807, 2.05) is 42.5 Å². The zero-order chi connectivity index (χ0) is 22.2. The lowest BCUT2D eigenvalue weighted by molar-refractivity contribution is -0.116. The zero-order valence-electron chi connectivity index (χ0n) is 18.3. The van der Waals surface area contributed by atoms with E-state index in [0.29, 0.717) is 6.54 Å². The summed E-state index contributed by atoms with van der Waals surface area (Å²) >= 11 is 1.62. The van der Waals surface area contributed by atoms with Gasteiger partial charge in [0.2, 0.25) is 5.91 Å². The topological polar surface area (TPSA) is 35.6 Å². The minimum Gasteiger partial charge on any atom is -0.369 e. The first-order valence-electron chi connectivity index (χ1n) is 11.3. The van der Waals surface area contributed by atoms with Crippen LogP contribution in [0.3, 0.4) is 0 Å². The minimum atomic E-state index is -0.170. The predicted octanol–water partition coefficient (Wildman–Crippen LogP) is 5.16. The average Bonchev–Trinajstić information content (AvgIpc) is 3.08. The molecule has 3 aromatic rings. The number of unbranched alkanes of at least 4 members (excludes halogenated alkanes) is 1. The summed E-state index contributed by atoms with van der Waals surface area (Å²) < 4.78 is 14.5. The van der Waals surface area contributed by atoms with Gasteiger partial charge in [0.05, 0.1) is 5.69 Å². The Bertz CT molecular complexity index is 1050. The van der Waals surface area contributed by atoms with E-state index in [1.54, 1.807) is 29.5 Å². The molecule has 0 aliphatic carbocycles. The molecule has 0 saturated carbocycles. The number of carbonyl (C=O) groups is 1. The Hall–Kier alpha value is -2.70. The van der Waals surface area contributed by atoms with E-state index in [4.69, 9.17) is 0 Å². The fraction of sp³-hybridized carbons (Fsp3) is 0.346. The average molecular weight is 452 g/mol. The SMILES string of the molecule is O=C(/C=C/c1ccccc1)NCCCCN1CCCN(c2csc3cc(F)ccc23)CC1. The van der Waals surface area contributed by atoms with Gasteiger partial charge in [0.1, 0.15) is 5.82 Å². The number of carbonyl (C=O) groups excluding carboxylic acids is 1. The van der Waals surface area contributed by atoms with Crippen molar-refractivity contribution in [1.29, 1.82) is 0 Å². The van der Waals surface area contributed by atoms with Crippen LogP contribution in [0.4, 0.5) is 10.1 Å². The van der Waals surface area contributed by atoms with Crippen molar-refractivity contribution >= 4 is 39.1 Å². The largest absolute Gasteiger partial charge is 0.369 e. The summed E-state index contributed by atoms with van der Waals surface area (Å²) in [5.41, 5.74) is 2.26. The molecule has 1 fully saturated rings. The molecule has 4 rings (SSSR count). The van der Waals surface area contributed by atoms with E-state index in [1.165, 1.54) is 5.69 Å². The predicted molar refractivity (Wildman–Crippen MR) is 133 cm³/mol. The third-order valence-electron chi connectivity index (χ3n) is 5.87. The number of nitrogens with one attached hydrogen (secondary N) is 1. The maximum Gasteiger partial charge on any atom is 0.243 e. The Morgan fingerprint density at radius 1 is 1.06 bits per heavy atom. The van der Waals surface area contributed by atoms with Gasteiger partial charge in [-0.3, -0.25) is 4.79 Å². The number of fused-ring (bicyclic) bond motifs is 1. The van der Waals surface area contributed by atoms with Crippen molar-refractivity contribution in [2.45, 2.75) is 19.3 Å². The van der Waals surface area contributed by atoms with Crippen molar-refractivity contribution in [1.82, 2.24) is 10.2 Å². The summed E-state index contributed by atoms with van der Waals surface area (Å²) in [4.78, 5) is 16.9. The van der Waals surface area contributed by atoms with Crippen LogP contribution in [-0.4, -0.2) is 50.1 Å². The van der Waals surface area contributed by atoms with Crippen LogP contribution in [0.5, 0.6) is 0 Å². The molecule has 1 aliphatic heterocycles. The monoisotopic (exact) mass is 451 g/mol. The van der Waals surface area contributed by atoms with Gasteiger partial charge in [-0.05, 0) is 62.2 Å². The molecule has 32 heavy (non-hydrogen) atoms. The van der Waals surface area contributed by atoms with Crippen LogP contribution in [0.25, 0.3) is 16.2 Å². The van der Waals surface area contributed by atoms with Crippen molar-refractivity contribution in [3.63, 3.8) is 0 Å². The van der Waals surface area contributed by atoms with E-state index < -0.39 is 0 Å². The molecule has 1 N–H and O–H groups in total. The fourth-order valence-corrected chi connectivity index (χ4v) is 5.13. The molecule has 0 atom stereocenters. The fourth-order valence-electron chi connectivity index (χ4n) is 4.14. The first kappa shape index (κ1) is 22.5. The lowest BCUT2D eigenvalue weighted by atomic mass is 10.2. The molecule has 1 aromatic heterocycles. The number of hydrogen-bond acceptors (Lipinski definition) is 4. The van der Waals surface area contributed by atoms with Crippen LogP contribution >= 0.6 is 11.3 Å². The molecule has 1 amide bonds. The summed E-state index contributed by atoms with van der Waals surface area (Å²) in [7, 11) is 0. The number of amides is 1. The summed E-state index contributed by atoms with van der Waals surface area (Å²) in [6.45, 7) is 5.91. The lowest BCUT2D eigenvalue weighted by Crippen LogP contribution is -2.31. The van der Waals surface area contributed by atoms with Gasteiger partial charge in [0.25, 0.3) is 0 Å². The van der Waals surface area contributed by atoms with Crippen LogP contribution in [-0.2, 0) is 4.79 Å². The van der Waals surface area contributed by atoms with E-state index in [-0.39, 0.29) is 11.7 Å². The first-order valence-corrected chi connectivity index (χ1v) is 12.2. The molecule has 2 aromatic carbocycles. The Balaban J connectivity index is 1.16. The second-order valence-corrected chi connectivity index (χ2v) is 9.10. The maximum absolute atomic E-state index is 13.5. The van der Waals surface area contributed by atoms with Crippen molar-refractivity contribution in [3.8, 4) is 0 Å². The molecule has 4 nitrogen and oxygen atoms in total. The van der Waals surface area contributed by atoms with Crippen LogP contribution in [0.1, 0.15) is 24.8 Å². The normalized spacial score (nSPS) is 15.3. The van der Waals surface area contributed by atoms with Gasteiger partial charge in [-0.25, -0.2) is 4.39 Å². The summed E-state index contributed by atoms with van der Waals surface area (Å²) in [6.07, 6.45) is 6.61. The van der Waals surface area contributed by atoms with Crippen LogP contribution in [0, 0.1) is 5.82 Å². The number of rotatable bonds is 8. The van der Waals surface area contributed by atoms with Crippen molar-refractivity contribution < 1.29 is 9.18 Å². The van der Waals surface area contributed by atoms with E-state index >= 15 is 0 Å².